The van der Waals surface area contributed by atoms with Crippen LogP contribution in [0.25, 0.3) is 0 Å². The number of aryl methyl sites for hydroxylation is 2. The summed E-state index contributed by atoms with van der Waals surface area (Å²) < 4.78 is 5.86. The lowest BCUT2D eigenvalue weighted by atomic mass is 10.0. The summed E-state index contributed by atoms with van der Waals surface area (Å²) in [4.78, 5) is 12.0. The Labute approximate surface area is 155 Å². The number of aromatic hydroxyl groups is 1. The minimum atomic E-state index is -0.189. The van der Waals surface area contributed by atoms with Crippen LogP contribution in [0, 0.1) is 13.8 Å². The summed E-state index contributed by atoms with van der Waals surface area (Å²) in [5.74, 6) is 0.212. The number of benzene rings is 2. The monoisotopic (exact) mass is 404 g/mol. The molecule has 0 spiro atoms. The minimum Gasteiger partial charge on any atom is -0.503 e. The first-order valence-corrected chi connectivity index (χ1v) is 8.73. The van der Waals surface area contributed by atoms with Crippen LogP contribution in [-0.4, -0.2) is 23.8 Å². The second kappa shape index (κ2) is 8.67. The quantitative estimate of drug-likeness (QED) is 0.566. The largest absolute Gasteiger partial charge is 0.503 e. The topological polar surface area (TPSA) is 70.9 Å². The Bertz CT molecular complexity index is 803. The van der Waals surface area contributed by atoms with E-state index in [1.807, 2.05) is 32.9 Å². The number of amides is 1. The van der Waals surface area contributed by atoms with Gasteiger partial charge in [0.2, 0.25) is 5.91 Å². The number of phenols is 1. The van der Waals surface area contributed by atoms with Crippen LogP contribution in [0.15, 0.2) is 39.9 Å². The molecule has 0 fully saturated rings. The fourth-order valence-electron chi connectivity index (χ4n) is 2.37. The van der Waals surface area contributed by atoms with Gasteiger partial charge in [-0.15, -0.1) is 0 Å². The maximum absolute atomic E-state index is 12.0. The molecule has 6 heteroatoms. The Morgan fingerprint density at radius 1 is 1.32 bits per heavy atom. The molecule has 132 valence electrons. The number of halogens is 1. The van der Waals surface area contributed by atoms with Crippen molar-refractivity contribution in [3.63, 3.8) is 0 Å². The van der Waals surface area contributed by atoms with E-state index in [0.717, 1.165) is 11.1 Å². The molecule has 0 saturated heterocycles. The number of carbonyl (C=O) groups is 1. The Morgan fingerprint density at radius 3 is 2.76 bits per heavy atom. The van der Waals surface area contributed by atoms with Crippen LogP contribution >= 0.6 is 15.9 Å². The molecular weight excluding hydrogens is 384 g/mol. The van der Waals surface area contributed by atoms with Crippen LogP contribution < -0.4 is 10.2 Å². The van der Waals surface area contributed by atoms with Crippen molar-refractivity contribution in [1.82, 2.24) is 5.43 Å². The molecule has 0 aliphatic carbocycles. The number of hydrogen-bond acceptors (Lipinski definition) is 4. The average molecular weight is 405 g/mol. The molecule has 0 atom stereocenters. The summed E-state index contributed by atoms with van der Waals surface area (Å²) >= 11 is 3.27. The third-order valence-corrected chi connectivity index (χ3v) is 4.21. The first-order valence-electron chi connectivity index (χ1n) is 7.94. The van der Waals surface area contributed by atoms with Gasteiger partial charge in [0.1, 0.15) is 0 Å². The van der Waals surface area contributed by atoms with Gasteiger partial charge >= 0.3 is 0 Å². The van der Waals surface area contributed by atoms with Crippen molar-refractivity contribution in [3.8, 4) is 11.5 Å². The van der Waals surface area contributed by atoms with Crippen molar-refractivity contribution in [3.05, 3.63) is 57.1 Å². The molecule has 0 saturated carbocycles. The highest BCUT2D eigenvalue weighted by Gasteiger charge is 2.09. The molecule has 2 aromatic rings. The van der Waals surface area contributed by atoms with Crippen LogP contribution in [0.4, 0.5) is 0 Å². The number of nitrogens with zero attached hydrogens (tertiary/aromatic N) is 1. The predicted octanol–water partition coefficient (Wildman–Crippen LogP) is 3.86. The third kappa shape index (κ3) is 5.32. The highest BCUT2D eigenvalue weighted by Crippen LogP contribution is 2.35. The van der Waals surface area contributed by atoms with E-state index < -0.39 is 0 Å². The van der Waals surface area contributed by atoms with E-state index in [9.17, 15) is 9.90 Å². The number of rotatable bonds is 6. The summed E-state index contributed by atoms with van der Waals surface area (Å²) in [6, 6.07) is 9.34. The maximum atomic E-state index is 12.0. The molecule has 0 aliphatic rings. The maximum Gasteiger partial charge on any atom is 0.244 e. The molecule has 2 N–H and O–H groups in total. The van der Waals surface area contributed by atoms with Crippen molar-refractivity contribution >= 4 is 28.1 Å². The minimum absolute atomic E-state index is 0.0397. The van der Waals surface area contributed by atoms with E-state index in [1.54, 1.807) is 12.1 Å². The van der Waals surface area contributed by atoms with Crippen LogP contribution in [0.3, 0.4) is 0 Å². The van der Waals surface area contributed by atoms with Gasteiger partial charge in [-0.1, -0.05) is 23.8 Å². The molecule has 5 nitrogen and oxygen atoms in total. The zero-order chi connectivity index (χ0) is 18.4. The fourth-order valence-corrected chi connectivity index (χ4v) is 2.83. The Balaban J connectivity index is 2.01. The molecule has 0 aromatic heterocycles. The number of ether oxygens (including phenoxy) is 1. The molecular formula is C19H21BrN2O3. The van der Waals surface area contributed by atoms with Crippen LogP contribution in [0.2, 0.25) is 0 Å². The molecule has 0 heterocycles. The van der Waals surface area contributed by atoms with Gasteiger partial charge in [-0.2, -0.15) is 5.10 Å². The number of hydrazone groups is 1. The Hall–Kier alpha value is -2.34. The first kappa shape index (κ1) is 19.0. The lowest BCUT2D eigenvalue weighted by Gasteiger charge is -2.08. The Kier molecular flexibility index (Phi) is 6.58. The molecule has 25 heavy (non-hydrogen) atoms. The molecule has 0 bridgehead atoms. The van der Waals surface area contributed by atoms with Crippen molar-refractivity contribution in [2.75, 3.05) is 6.61 Å². The number of hydrogen-bond donors (Lipinski definition) is 2. The number of carbonyl (C=O) groups excluding carboxylic acids is 1. The lowest BCUT2D eigenvalue weighted by molar-refractivity contribution is -0.120. The number of nitrogens with one attached hydrogen (secondary N) is 1. The molecule has 0 aliphatic heterocycles. The second-order valence-corrected chi connectivity index (χ2v) is 6.54. The van der Waals surface area contributed by atoms with E-state index in [1.165, 1.54) is 11.8 Å². The van der Waals surface area contributed by atoms with Crippen LogP contribution in [-0.2, 0) is 11.2 Å². The molecule has 0 unspecified atom stereocenters. The van der Waals surface area contributed by atoms with Crippen molar-refractivity contribution in [2.45, 2.75) is 27.2 Å². The third-order valence-electron chi connectivity index (χ3n) is 3.60. The van der Waals surface area contributed by atoms with Gasteiger partial charge in [-0.05, 0) is 65.5 Å². The fraction of sp³-hybridized carbons (Fsp3) is 0.263. The van der Waals surface area contributed by atoms with E-state index in [4.69, 9.17) is 4.74 Å². The predicted molar refractivity (Wildman–Crippen MR) is 102 cm³/mol. The summed E-state index contributed by atoms with van der Waals surface area (Å²) in [5, 5.41) is 13.9. The normalized spacial score (nSPS) is 10.9. The number of phenolic OH excluding ortho intramolecular Hbond substituents is 1. The van der Waals surface area contributed by atoms with Gasteiger partial charge in [0.05, 0.1) is 23.7 Å². The zero-order valence-corrected chi connectivity index (χ0v) is 16.1. The second-order valence-electron chi connectivity index (χ2n) is 5.68. The zero-order valence-electron chi connectivity index (χ0n) is 14.5. The van der Waals surface area contributed by atoms with Crippen LogP contribution in [0.1, 0.15) is 29.2 Å². The van der Waals surface area contributed by atoms with Gasteiger partial charge in [-0.25, -0.2) is 5.43 Å². The highest BCUT2D eigenvalue weighted by atomic mass is 79.9. The van der Waals surface area contributed by atoms with Gasteiger partial charge in [0.25, 0.3) is 0 Å². The standard InChI is InChI=1S/C19H21BrN2O3/c1-4-25-17-9-14(8-16(20)19(17)24)11-21-22-18(23)10-15-6-5-12(2)7-13(15)3/h5-9,11,24H,4,10H2,1-3H3,(H,22,23)/b21-11-. The average Bonchev–Trinajstić information content (AvgIpc) is 2.55. The van der Waals surface area contributed by atoms with Crippen molar-refractivity contribution in [2.24, 2.45) is 5.10 Å². The summed E-state index contributed by atoms with van der Waals surface area (Å²) in [6.07, 6.45) is 1.78. The first-order chi connectivity index (χ1) is 11.9. The molecule has 0 radical (unpaired) electrons. The highest BCUT2D eigenvalue weighted by molar-refractivity contribution is 9.10. The van der Waals surface area contributed by atoms with E-state index in [2.05, 4.69) is 32.5 Å². The Morgan fingerprint density at radius 2 is 2.08 bits per heavy atom. The molecule has 2 aromatic carbocycles. The van der Waals surface area contributed by atoms with Gasteiger partial charge in [-0.3, -0.25) is 4.79 Å². The smallest absolute Gasteiger partial charge is 0.244 e. The van der Waals surface area contributed by atoms with Gasteiger partial charge in [0, 0.05) is 0 Å². The summed E-state index contributed by atoms with van der Waals surface area (Å²) in [6.45, 7) is 6.28. The SMILES string of the molecule is CCOc1cc(/C=N\NC(=O)Cc2ccc(C)cc2C)cc(Br)c1O. The van der Waals surface area contributed by atoms with E-state index >= 15 is 0 Å². The molecule has 1 amide bonds. The van der Waals surface area contributed by atoms with Gasteiger partial charge in [0.15, 0.2) is 11.5 Å². The van der Waals surface area contributed by atoms with E-state index in [-0.39, 0.29) is 18.1 Å². The van der Waals surface area contributed by atoms with Crippen molar-refractivity contribution < 1.29 is 14.6 Å². The summed E-state index contributed by atoms with van der Waals surface area (Å²) in [7, 11) is 0. The lowest BCUT2D eigenvalue weighted by Crippen LogP contribution is -2.20. The molecule has 2 rings (SSSR count). The van der Waals surface area contributed by atoms with E-state index in [0.29, 0.717) is 22.4 Å². The van der Waals surface area contributed by atoms with Crippen LogP contribution in [0.5, 0.6) is 11.5 Å². The van der Waals surface area contributed by atoms with Gasteiger partial charge < -0.3 is 9.84 Å². The summed E-state index contributed by atoms with van der Waals surface area (Å²) in [5.41, 5.74) is 6.44. The van der Waals surface area contributed by atoms with Crippen molar-refractivity contribution in [1.29, 1.82) is 0 Å².